The summed E-state index contributed by atoms with van der Waals surface area (Å²) in [6.07, 6.45) is 8.51. The Morgan fingerprint density at radius 2 is 1.93 bits per heavy atom. The van der Waals surface area contributed by atoms with E-state index >= 15 is 0 Å². The molecule has 1 unspecified atom stereocenters. The molecule has 3 atom stereocenters. The zero-order valence-corrected chi connectivity index (χ0v) is 25.1. The average molecular weight is 642 g/mol. The van der Waals surface area contributed by atoms with E-state index in [0.717, 1.165) is 69.0 Å². The second-order valence-corrected chi connectivity index (χ2v) is 11.7. The maximum absolute atomic E-state index is 14.7. The Labute approximate surface area is 262 Å². The quantitative estimate of drug-likeness (QED) is 0.266. The first-order valence-corrected chi connectivity index (χ1v) is 15.0. The van der Waals surface area contributed by atoms with Crippen molar-refractivity contribution in [2.24, 2.45) is 0 Å². The highest BCUT2D eigenvalue weighted by molar-refractivity contribution is 6.31. The monoisotopic (exact) mass is 641 g/mol. The van der Waals surface area contributed by atoms with Crippen molar-refractivity contribution in [1.29, 1.82) is 0 Å². The minimum Gasteiger partial charge on any atom is -0.392 e. The summed E-state index contributed by atoms with van der Waals surface area (Å²) in [4.78, 5) is 34.6. The first kappa shape index (κ1) is 30.9. The predicted octanol–water partition coefficient (Wildman–Crippen LogP) is 4.76. The summed E-state index contributed by atoms with van der Waals surface area (Å²) >= 11 is 5.82. The van der Waals surface area contributed by atoms with Crippen molar-refractivity contribution in [3.8, 4) is 11.3 Å². The minimum atomic E-state index is -2.99. The van der Waals surface area contributed by atoms with E-state index in [1.54, 1.807) is 23.3 Å². The van der Waals surface area contributed by atoms with Gasteiger partial charge in [0.05, 0.1) is 47.1 Å². The Kier molecular flexibility index (Phi) is 8.97. The summed E-state index contributed by atoms with van der Waals surface area (Å²) in [5.41, 5.74) is -0.420. The van der Waals surface area contributed by atoms with Crippen LogP contribution in [0.25, 0.3) is 11.3 Å². The summed E-state index contributed by atoms with van der Waals surface area (Å²) in [5.74, 6) is -1.10. The van der Waals surface area contributed by atoms with E-state index in [-0.39, 0.29) is 28.6 Å². The van der Waals surface area contributed by atoms with Crippen molar-refractivity contribution in [1.82, 2.24) is 34.6 Å². The summed E-state index contributed by atoms with van der Waals surface area (Å²) < 4.78 is 43.5. The van der Waals surface area contributed by atoms with E-state index in [2.05, 4.69) is 40.2 Å². The molecule has 11 nitrogen and oxygen atoms in total. The van der Waals surface area contributed by atoms with Crippen LogP contribution < -0.4 is 10.2 Å². The van der Waals surface area contributed by atoms with Gasteiger partial charge in [-0.05, 0) is 38.8 Å². The number of aromatic nitrogens is 6. The standard InChI is InChI=1S/C30H31ClF3N9O2/c1-17(18-9-36-30(37-10-18)42-8-6-20(42)15-41-7-2-3-21(44)16-41)43-14-19(11-38-43)39-29(45)25-13-35-12-24(40-25)26-22(28(33)34)4-5-23(31)27(26)32/h4-5,9-14,17,20-21,28,44H,2-3,6-8,15-16H2,1H3,(H,39,45)/t17?,20-,21+/m0/s1. The number of rotatable bonds is 9. The van der Waals surface area contributed by atoms with Gasteiger partial charge in [0.2, 0.25) is 5.95 Å². The van der Waals surface area contributed by atoms with Crippen molar-refractivity contribution < 1.29 is 23.1 Å². The zero-order chi connectivity index (χ0) is 31.7. The summed E-state index contributed by atoms with van der Waals surface area (Å²) in [6, 6.07) is 2.11. The lowest BCUT2D eigenvalue weighted by molar-refractivity contribution is 0.0637. The molecule has 2 aliphatic heterocycles. The fourth-order valence-corrected chi connectivity index (χ4v) is 5.81. The van der Waals surface area contributed by atoms with Crippen molar-refractivity contribution in [3.05, 3.63) is 77.0 Å². The molecule has 0 bridgehead atoms. The van der Waals surface area contributed by atoms with Crippen LogP contribution in [0.4, 0.5) is 24.8 Å². The largest absolute Gasteiger partial charge is 0.392 e. The van der Waals surface area contributed by atoms with Gasteiger partial charge in [0.15, 0.2) is 5.82 Å². The number of anilines is 2. The number of nitrogens with one attached hydrogen (secondary N) is 1. The highest BCUT2D eigenvalue weighted by atomic mass is 35.5. The third-order valence-corrected chi connectivity index (χ3v) is 8.52. The Morgan fingerprint density at radius 3 is 2.64 bits per heavy atom. The number of amides is 1. The van der Waals surface area contributed by atoms with Crippen LogP contribution in [-0.4, -0.2) is 84.0 Å². The maximum Gasteiger partial charge on any atom is 0.275 e. The van der Waals surface area contributed by atoms with Gasteiger partial charge in [0.1, 0.15) is 5.69 Å². The Bertz CT molecular complexity index is 1670. The van der Waals surface area contributed by atoms with Gasteiger partial charge in [-0.1, -0.05) is 17.7 Å². The third-order valence-electron chi connectivity index (χ3n) is 8.23. The van der Waals surface area contributed by atoms with Crippen LogP contribution in [0.2, 0.25) is 5.02 Å². The van der Waals surface area contributed by atoms with Crippen LogP contribution in [-0.2, 0) is 0 Å². The van der Waals surface area contributed by atoms with E-state index in [9.17, 15) is 23.1 Å². The first-order valence-electron chi connectivity index (χ1n) is 14.6. The van der Waals surface area contributed by atoms with Crippen LogP contribution in [0.15, 0.2) is 49.3 Å². The number of likely N-dealkylation sites (tertiary alicyclic amines) is 1. The molecule has 3 aromatic heterocycles. The van der Waals surface area contributed by atoms with Gasteiger partial charge in [0.25, 0.3) is 12.3 Å². The molecule has 15 heteroatoms. The van der Waals surface area contributed by atoms with Crippen molar-refractivity contribution >= 4 is 29.1 Å². The number of halogens is 4. The van der Waals surface area contributed by atoms with Crippen LogP contribution in [0, 0.1) is 5.82 Å². The molecular formula is C30H31ClF3N9O2. The minimum absolute atomic E-state index is 0.211. The van der Waals surface area contributed by atoms with Gasteiger partial charge < -0.3 is 15.3 Å². The Balaban J connectivity index is 1.10. The van der Waals surface area contributed by atoms with E-state index in [0.29, 0.717) is 24.2 Å². The number of hydrogen-bond acceptors (Lipinski definition) is 9. The second kappa shape index (κ2) is 13.1. The number of benzene rings is 1. The Hall–Kier alpha value is -4.14. The number of carbonyl (C=O) groups excluding carboxylic acids is 1. The molecule has 1 amide bonds. The second-order valence-electron chi connectivity index (χ2n) is 11.3. The van der Waals surface area contributed by atoms with Gasteiger partial charge in [-0.25, -0.2) is 28.1 Å². The van der Waals surface area contributed by atoms with Crippen LogP contribution in [0.5, 0.6) is 0 Å². The van der Waals surface area contributed by atoms with Crippen LogP contribution in [0.3, 0.4) is 0 Å². The smallest absolute Gasteiger partial charge is 0.275 e. The van der Waals surface area contributed by atoms with Crippen molar-refractivity contribution in [2.75, 3.05) is 36.4 Å². The lowest BCUT2D eigenvalue weighted by Gasteiger charge is -2.44. The van der Waals surface area contributed by atoms with E-state index in [1.807, 2.05) is 6.92 Å². The van der Waals surface area contributed by atoms with E-state index in [4.69, 9.17) is 11.6 Å². The molecule has 2 N–H and O–H groups in total. The van der Waals surface area contributed by atoms with E-state index in [1.165, 1.54) is 6.20 Å². The van der Waals surface area contributed by atoms with Crippen molar-refractivity contribution in [2.45, 2.75) is 50.8 Å². The lowest BCUT2D eigenvalue weighted by atomic mass is 10.0. The molecule has 2 saturated heterocycles. The average Bonchev–Trinajstić information content (AvgIpc) is 3.49. The SMILES string of the molecule is CC(c1cnc(N2CC[C@H]2CN2CCC[C@@H](O)C2)nc1)n1cc(NC(=O)c2cncc(-c3c(C(F)F)ccc(Cl)c3F)n2)cn1. The molecule has 1 aromatic carbocycles. The topological polar surface area (TPSA) is 125 Å². The number of piperidine rings is 1. The maximum atomic E-state index is 14.7. The summed E-state index contributed by atoms with van der Waals surface area (Å²) in [5, 5.41) is 16.6. The number of hydrogen-bond donors (Lipinski definition) is 2. The zero-order valence-electron chi connectivity index (χ0n) is 24.3. The molecular weight excluding hydrogens is 611 g/mol. The number of β-amino-alcohol motifs (C(OH)–C–C–N with tert-alkyl or cyclic N) is 1. The molecule has 4 aromatic rings. The van der Waals surface area contributed by atoms with Crippen molar-refractivity contribution in [3.63, 3.8) is 0 Å². The highest BCUT2D eigenvalue weighted by Gasteiger charge is 2.33. The number of aliphatic hydroxyl groups excluding tert-OH is 1. The molecule has 45 heavy (non-hydrogen) atoms. The summed E-state index contributed by atoms with van der Waals surface area (Å²) in [7, 11) is 0. The van der Waals surface area contributed by atoms with Crippen LogP contribution in [0.1, 0.15) is 60.3 Å². The molecule has 2 fully saturated rings. The van der Waals surface area contributed by atoms with Gasteiger partial charge in [-0.2, -0.15) is 5.10 Å². The first-order chi connectivity index (χ1) is 21.7. The molecule has 0 aliphatic carbocycles. The third kappa shape index (κ3) is 6.63. The van der Waals surface area contributed by atoms with Gasteiger partial charge in [0, 0.05) is 61.0 Å². The highest BCUT2D eigenvalue weighted by Crippen LogP contribution is 2.35. The fraction of sp³-hybridized carbons (Fsp3) is 0.400. The summed E-state index contributed by atoms with van der Waals surface area (Å²) in [6.45, 7) is 5.38. The molecule has 2 aliphatic rings. The normalized spacial score (nSPS) is 19.4. The molecule has 6 rings (SSSR count). The molecule has 0 spiro atoms. The fourth-order valence-electron chi connectivity index (χ4n) is 5.65. The number of aliphatic hydroxyl groups is 1. The molecule has 0 saturated carbocycles. The molecule has 0 radical (unpaired) electrons. The Morgan fingerprint density at radius 1 is 1.13 bits per heavy atom. The molecule has 5 heterocycles. The lowest BCUT2D eigenvalue weighted by Crippen LogP contribution is -2.56. The number of nitrogens with zero attached hydrogens (tertiary/aromatic N) is 8. The molecule has 236 valence electrons. The number of alkyl halides is 2. The number of carbonyl (C=O) groups is 1. The van der Waals surface area contributed by atoms with Gasteiger partial charge in [-0.15, -0.1) is 0 Å². The van der Waals surface area contributed by atoms with Gasteiger partial charge >= 0.3 is 0 Å². The predicted molar refractivity (Wildman–Crippen MR) is 161 cm³/mol. The van der Waals surface area contributed by atoms with Gasteiger partial charge in [-0.3, -0.25) is 19.4 Å². The van der Waals surface area contributed by atoms with E-state index < -0.39 is 29.3 Å². The van der Waals surface area contributed by atoms with Crippen LogP contribution >= 0.6 is 11.6 Å².